The monoisotopic (exact) mass is 221 g/mol. The minimum absolute atomic E-state index is 0.0424. The van der Waals surface area contributed by atoms with Crippen LogP contribution < -0.4 is 5.32 Å². The van der Waals surface area contributed by atoms with Crippen LogP contribution in [0.1, 0.15) is 13.8 Å². The number of aliphatic hydroxyl groups is 4. The molecule has 0 aliphatic carbocycles. The Hall–Kier alpha value is -0.240. The second-order valence-corrected chi connectivity index (χ2v) is 4.08. The van der Waals surface area contributed by atoms with Gasteiger partial charge in [-0.15, -0.1) is 0 Å². The molecule has 0 aromatic heterocycles. The molecule has 1 heterocycles. The van der Waals surface area contributed by atoms with E-state index in [4.69, 9.17) is 9.84 Å². The summed E-state index contributed by atoms with van der Waals surface area (Å²) in [5.41, 5.74) is 0. The summed E-state index contributed by atoms with van der Waals surface area (Å²) in [7, 11) is 0. The van der Waals surface area contributed by atoms with Gasteiger partial charge in [0.1, 0.15) is 18.3 Å². The van der Waals surface area contributed by atoms with Crippen molar-refractivity contribution in [3.05, 3.63) is 0 Å². The van der Waals surface area contributed by atoms with E-state index in [1.807, 2.05) is 13.8 Å². The number of nitrogens with one attached hydrogen (secondary N) is 1. The van der Waals surface area contributed by atoms with E-state index in [1.54, 1.807) is 0 Å². The normalized spacial score (nSPS) is 42.2. The van der Waals surface area contributed by atoms with Gasteiger partial charge in [0.2, 0.25) is 0 Å². The predicted molar refractivity (Wildman–Crippen MR) is 52.0 cm³/mol. The molecule has 0 spiro atoms. The summed E-state index contributed by atoms with van der Waals surface area (Å²) in [5.74, 6) is 0. The third-order valence-corrected chi connectivity index (χ3v) is 2.43. The minimum Gasteiger partial charge on any atom is -0.394 e. The van der Waals surface area contributed by atoms with Gasteiger partial charge in [-0.1, -0.05) is 13.8 Å². The quantitative estimate of drug-likeness (QED) is 0.370. The molecule has 0 aromatic rings. The van der Waals surface area contributed by atoms with Crippen molar-refractivity contribution in [2.24, 2.45) is 0 Å². The Bertz CT molecular complexity index is 201. The average molecular weight is 221 g/mol. The van der Waals surface area contributed by atoms with Crippen molar-refractivity contribution in [3.8, 4) is 0 Å². The topological polar surface area (TPSA) is 102 Å². The Morgan fingerprint density at radius 3 is 2.27 bits per heavy atom. The van der Waals surface area contributed by atoms with E-state index in [0.29, 0.717) is 0 Å². The van der Waals surface area contributed by atoms with Crippen LogP contribution >= 0.6 is 0 Å². The summed E-state index contributed by atoms with van der Waals surface area (Å²) >= 11 is 0. The van der Waals surface area contributed by atoms with Gasteiger partial charge in [-0.05, 0) is 0 Å². The summed E-state index contributed by atoms with van der Waals surface area (Å²) in [6, 6.07) is -0.705. The molecule has 0 amide bonds. The van der Waals surface area contributed by atoms with E-state index in [0.717, 1.165) is 0 Å². The zero-order valence-corrected chi connectivity index (χ0v) is 8.87. The lowest BCUT2D eigenvalue weighted by molar-refractivity contribution is -0.255. The highest BCUT2D eigenvalue weighted by Gasteiger charge is 2.43. The molecule has 0 saturated carbocycles. The average Bonchev–Trinajstić information content (AvgIpc) is 2.18. The summed E-state index contributed by atoms with van der Waals surface area (Å²) in [5, 5.41) is 40.5. The Morgan fingerprint density at radius 2 is 1.80 bits per heavy atom. The van der Waals surface area contributed by atoms with E-state index < -0.39 is 37.3 Å². The first-order valence-electron chi connectivity index (χ1n) is 5.04. The van der Waals surface area contributed by atoms with Crippen LogP contribution in [-0.2, 0) is 4.74 Å². The molecule has 6 heteroatoms. The first-order valence-corrected chi connectivity index (χ1v) is 5.04. The fraction of sp³-hybridized carbons (Fsp3) is 1.00. The SMILES string of the molecule is CC(C)N[C@H]1C(O)O[C@H](CO)[C@@H](O)[C@@H]1O. The largest absolute Gasteiger partial charge is 0.394 e. The summed E-state index contributed by atoms with van der Waals surface area (Å²) in [6.07, 6.45) is -4.54. The Kier molecular flexibility index (Phi) is 4.45. The minimum atomic E-state index is -1.23. The highest BCUT2D eigenvalue weighted by Crippen LogP contribution is 2.19. The molecule has 1 rings (SSSR count). The van der Waals surface area contributed by atoms with Crippen LogP contribution in [0.15, 0.2) is 0 Å². The zero-order valence-electron chi connectivity index (χ0n) is 8.87. The van der Waals surface area contributed by atoms with Crippen LogP contribution in [0.3, 0.4) is 0 Å². The fourth-order valence-corrected chi connectivity index (χ4v) is 1.66. The summed E-state index contributed by atoms with van der Waals surface area (Å²) in [6.45, 7) is 3.26. The van der Waals surface area contributed by atoms with Gasteiger partial charge in [-0.25, -0.2) is 0 Å². The lowest BCUT2D eigenvalue weighted by Gasteiger charge is -2.41. The van der Waals surface area contributed by atoms with E-state index >= 15 is 0 Å². The van der Waals surface area contributed by atoms with Crippen LogP contribution in [0.25, 0.3) is 0 Å². The van der Waals surface area contributed by atoms with Crippen molar-refractivity contribution in [1.29, 1.82) is 0 Å². The van der Waals surface area contributed by atoms with Crippen molar-refractivity contribution >= 4 is 0 Å². The van der Waals surface area contributed by atoms with Crippen LogP contribution in [0.4, 0.5) is 0 Å². The van der Waals surface area contributed by atoms with Crippen LogP contribution in [-0.4, -0.2) is 63.7 Å². The van der Waals surface area contributed by atoms with Gasteiger partial charge < -0.3 is 30.5 Å². The highest BCUT2D eigenvalue weighted by atomic mass is 16.6. The molecule has 1 fully saturated rings. The van der Waals surface area contributed by atoms with Crippen molar-refractivity contribution < 1.29 is 25.2 Å². The summed E-state index contributed by atoms with van der Waals surface area (Å²) in [4.78, 5) is 0. The van der Waals surface area contributed by atoms with Gasteiger partial charge in [-0.2, -0.15) is 0 Å². The maximum atomic E-state index is 9.69. The number of ether oxygens (including phenoxy) is 1. The van der Waals surface area contributed by atoms with Crippen molar-refractivity contribution in [3.63, 3.8) is 0 Å². The Labute approximate surface area is 88.5 Å². The van der Waals surface area contributed by atoms with Gasteiger partial charge >= 0.3 is 0 Å². The molecule has 90 valence electrons. The highest BCUT2D eigenvalue weighted by molar-refractivity contribution is 4.93. The molecule has 0 bridgehead atoms. The second kappa shape index (κ2) is 5.20. The lowest BCUT2D eigenvalue weighted by Crippen LogP contribution is -2.64. The molecule has 0 radical (unpaired) electrons. The molecule has 5 N–H and O–H groups in total. The van der Waals surface area contributed by atoms with Gasteiger partial charge in [0.25, 0.3) is 0 Å². The van der Waals surface area contributed by atoms with Crippen molar-refractivity contribution in [2.45, 2.75) is 50.5 Å². The van der Waals surface area contributed by atoms with Gasteiger partial charge in [-0.3, -0.25) is 0 Å². The first kappa shape index (κ1) is 12.8. The van der Waals surface area contributed by atoms with E-state index in [2.05, 4.69) is 5.32 Å². The van der Waals surface area contributed by atoms with Gasteiger partial charge in [0.05, 0.1) is 12.6 Å². The maximum Gasteiger partial charge on any atom is 0.173 e. The molecule has 0 aromatic carbocycles. The molecule has 6 nitrogen and oxygen atoms in total. The molecule has 1 aliphatic rings. The molecule has 15 heavy (non-hydrogen) atoms. The van der Waals surface area contributed by atoms with E-state index in [1.165, 1.54) is 0 Å². The Balaban J connectivity index is 2.66. The smallest absolute Gasteiger partial charge is 0.173 e. The molecule has 1 aliphatic heterocycles. The number of rotatable bonds is 3. The number of hydrogen-bond acceptors (Lipinski definition) is 6. The molecular formula is C9H19NO5. The summed E-state index contributed by atoms with van der Waals surface area (Å²) < 4.78 is 4.96. The number of aliphatic hydroxyl groups excluding tert-OH is 4. The third kappa shape index (κ3) is 2.87. The third-order valence-electron chi connectivity index (χ3n) is 2.43. The molecule has 1 unspecified atom stereocenters. The van der Waals surface area contributed by atoms with Crippen LogP contribution in [0, 0.1) is 0 Å². The number of hydrogen-bond donors (Lipinski definition) is 5. The van der Waals surface area contributed by atoms with Crippen LogP contribution in [0.2, 0.25) is 0 Å². The van der Waals surface area contributed by atoms with Gasteiger partial charge in [0, 0.05) is 6.04 Å². The molecular weight excluding hydrogens is 202 g/mol. The van der Waals surface area contributed by atoms with Gasteiger partial charge in [0.15, 0.2) is 6.29 Å². The maximum absolute atomic E-state index is 9.69. The predicted octanol–water partition coefficient (Wildman–Crippen LogP) is -2.22. The van der Waals surface area contributed by atoms with Crippen LogP contribution in [0.5, 0.6) is 0 Å². The lowest BCUT2D eigenvalue weighted by atomic mass is 9.96. The fourth-order valence-electron chi connectivity index (χ4n) is 1.66. The van der Waals surface area contributed by atoms with E-state index in [-0.39, 0.29) is 6.04 Å². The van der Waals surface area contributed by atoms with Crippen molar-refractivity contribution in [1.82, 2.24) is 5.32 Å². The Morgan fingerprint density at radius 1 is 1.20 bits per heavy atom. The van der Waals surface area contributed by atoms with Crippen molar-refractivity contribution in [2.75, 3.05) is 6.61 Å². The molecule has 1 saturated heterocycles. The second-order valence-electron chi connectivity index (χ2n) is 4.08. The first-order chi connectivity index (χ1) is 6.97. The zero-order chi connectivity index (χ0) is 11.6. The standard InChI is InChI=1S/C9H19NO5/c1-4(2)10-6-8(13)7(12)5(3-11)15-9(6)14/h4-14H,3H2,1-2H3/t5-,6-,7-,8-,9?/m1/s1. The molecule has 5 atom stereocenters. The van der Waals surface area contributed by atoms with E-state index in [9.17, 15) is 15.3 Å².